The third-order valence-corrected chi connectivity index (χ3v) is 6.21. The molecule has 0 aromatic carbocycles. The Morgan fingerprint density at radius 3 is 2.95 bits per heavy atom. The minimum Gasteiger partial charge on any atom is -0.480 e. The standard InChI is InChI=1S/C14H17NO4S2/c1-19-9-5-10(14(17)18)15(6-9)13(16)12-4-8-7-20-3-2-11(8)21-12/h4,9-10H,2-3,5-7H2,1H3,(H,17,18). The van der Waals surface area contributed by atoms with E-state index in [0.29, 0.717) is 17.8 Å². The number of thioether (sulfide) groups is 1. The molecule has 21 heavy (non-hydrogen) atoms. The largest absolute Gasteiger partial charge is 0.480 e. The molecule has 1 amide bonds. The van der Waals surface area contributed by atoms with Crippen LogP contribution in [0.4, 0.5) is 0 Å². The van der Waals surface area contributed by atoms with Crippen molar-refractivity contribution in [3.63, 3.8) is 0 Å². The SMILES string of the molecule is COC1CC(C(=O)O)N(C(=O)c2cc3c(s2)CCSC3)C1. The van der Waals surface area contributed by atoms with Crippen molar-refractivity contribution in [3.05, 3.63) is 21.4 Å². The van der Waals surface area contributed by atoms with E-state index in [2.05, 4.69) is 0 Å². The number of amides is 1. The van der Waals surface area contributed by atoms with E-state index in [-0.39, 0.29) is 12.0 Å². The minimum absolute atomic E-state index is 0.175. The number of thiophene rings is 1. The zero-order chi connectivity index (χ0) is 15.0. The Bertz CT molecular complexity index is 548. The molecule has 0 spiro atoms. The summed E-state index contributed by atoms with van der Waals surface area (Å²) < 4.78 is 5.23. The molecule has 2 unspecified atom stereocenters. The summed E-state index contributed by atoms with van der Waals surface area (Å²) in [4.78, 5) is 27.4. The molecular weight excluding hydrogens is 310 g/mol. The molecule has 5 nitrogen and oxygen atoms in total. The van der Waals surface area contributed by atoms with Gasteiger partial charge in [0.05, 0.1) is 11.0 Å². The van der Waals surface area contributed by atoms with Crippen LogP contribution in [0, 0.1) is 0 Å². The van der Waals surface area contributed by atoms with Gasteiger partial charge in [-0.2, -0.15) is 11.8 Å². The van der Waals surface area contributed by atoms with Crippen molar-refractivity contribution in [3.8, 4) is 0 Å². The molecule has 0 radical (unpaired) electrons. The Morgan fingerprint density at radius 1 is 1.48 bits per heavy atom. The van der Waals surface area contributed by atoms with Gasteiger partial charge in [-0.1, -0.05) is 0 Å². The summed E-state index contributed by atoms with van der Waals surface area (Å²) in [6, 6.07) is 1.16. The maximum absolute atomic E-state index is 12.7. The minimum atomic E-state index is -0.959. The second-order valence-corrected chi connectivity index (χ2v) is 7.51. The first-order chi connectivity index (χ1) is 10.1. The molecule has 2 aliphatic heterocycles. The number of carbonyl (C=O) groups is 2. The van der Waals surface area contributed by atoms with Crippen molar-refractivity contribution in [2.45, 2.75) is 30.7 Å². The molecule has 3 rings (SSSR count). The molecule has 1 saturated heterocycles. The maximum atomic E-state index is 12.7. The van der Waals surface area contributed by atoms with E-state index in [1.165, 1.54) is 26.7 Å². The Balaban J connectivity index is 1.83. The number of likely N-dealkylation sites (tertiary alicyclic amines) is 1. The third kappa shape index (κ3) is 2.82. The van der Waals surface area contributed by atoms with E-state index in [1.54, 1.807) is 7.11 Å². The molecule has 0 aliphatic carbocycles. The Morgan fingerprint density at radius 2 is 2.29 bits per heavy atom. The first kappa shape index (κ1) is 14.9. The molecule has 1 N–H and O–H groups in total. The van der Waals surface area contributed by atoms with Crippen molar-refractivity contribution < 1.29 is 19.4 Å². The van der Waals surface area contributed by atoms with Gasteiger partial charge in [0.1, 0.15) is 6.04 Å². The number of carboxylic acids is 1. The zero-order valence-corrected chi connectivity index (χ0v) is 13.3. The van der Waals surface area contributed by atoms with E-state index >= 15 is 0 Å². The van der Waals surface area contributed by atoms with Crippen LogP contribution < -0.4 is 0 Å². The van der Waals surface area contributed by atoms with Gasteiger partial charge in [0, 0.05) is 30.7 Å². The second kappa shape index (κ2) is 5.98. The van der Waals surface area contributed by atoms with Crippen molar-refractivity contribution in [2.75, 3.05) is 19.4 Å². The fourth-order valence-corrected chi connectivity index (χ4v) is 5.15. The van der Waals surface area contributed by atoms with Crippen molar-refractivity contribution in [2.24, 2.45) is 0 Å². The second-order valence-electron chi connectivity index (χ2n) is 5.27. The summed E-state index contributed by atoms with van der Waals surface area (Å²) in [5.41, 5.74) is 1.23. The number of carboxylic acid groups (broad SMARTS) is 1. The Hall–Kier alpha value is -1.05. The molecule has 0 bridgehead atoms. The highest BCUT2D eigenvalue weighted by Gasteiger charge is 2.40. The highest BCUT2D eigenvalue weighted by Crippen LogP contribution is 2.33. The Labute approximate surface area is 131 Å². The summed E-state index contributed by atoms with van der Waals surface area (Å²) in [7, 11) is 1.55. The summed E-state index contributed by atoms with van der Waals surface area (Å²) in [5, 5.41) is 9.31. The molecular formula is C14H17NO4S2. The normalized spacial score (nSPS) is 24.9. The lowest BCUT2D eigenvalue weighted by Crippen LogP contribution is -2.40. The lowest BCUT2D eigenvalue weighted by Gasteiger charge is -2.20. The molecule has 2 atom stereocenters. The van der Waals surface area contributed by atoms with Crippen LogP contribution in [0.25, 0.3) is 0 Å². The van der Waals surface area contributed by atoms with Gasteiger partial charge in [-0.25, -0.2) is 4.79 Å². The third-order valence-electron chi connectivity index (χ3n) is 3.98. The number of hydrogen-bond donors (Lipinski definition) is 1. The van der Waals surface area contributed by atoms with E-state index in [1.807, 2.05) is 17.8 Å². The van der Waals surface area contributed by atoms with Gasteiger partial charge in [-0.05, 0) is 23.8 Å². The van der Waals surface area contributed by atoms with E-state index in [9.17, 15) is 14.7 Å². The number of hydrogen-bond acceptors (Lipinski definition) is 5. The summed E-state index contributed by atoms with van der Waals surface area (Å²) in [6.07, 6.45) is 1.17. The average molecular weight is 327 g/mol. The predicted molar refractivity (Wildman–Crippen MR) is 82.1 cm³/mol. The van der Waals surface area contributed by atoms with Crippen LogP contribution in [0.5, 0.6) is 0 Å². The fourth-order valence-electron chi connectivity index (χ4n) is 2.82. The van der Waals surface area contributed by atoms with Crippen LogP contribution >= 0.6 is 23.1 Å². The summed E-state index contributed by atoms with van der Waals surface area (Å²) in [6.45, 7) is 0.351. The van der Waals surface area contributed by atoms with Gasteiger partial charge in [0.15, 0.2) is 0 Å². The van der Waals surface area contributed by atoms with Crippen LogP contribution in [0.15, 0.2) is 6.07 Å². The molecule has 3 heterocycles. The number of rotatable bonds is 3. The van der Waals surface area contributed by atoms with Crippen molar-refractivity contribution >= 4 is 35.0 Å². The van der Waals surface area contributed by atoms with E-state index in [0.717, 1.165) is 17.9 Å². The van der Waals surface area contributed by atoms with E-state index in [4.69, 9.17) is 4.74 Å². The highest BCUT2D eigenvalue weighted by atomic mass is 32.2. The topological polar surface area (TPSA) is 66.8 Å². The van der Waals surface area contributed by atoms with E-state index < -0.39 is 12.0 Å². The molecule has 1 fully saturated rings. The first-order valence-corrected chi connectivity index (χ1v) is 8.83. The van der Waals surface area contributed by atoms with Gasteiger partial charge in [0.2, 0.25) is 0 Å². The number of nitrogens with zero attached hydrogens (tertiary/aromatic N) is 1. The lowest BCUT2D eigenvalue weighted by atomic mass is 10.2. The number of carbonyl (C=O) groups excluding carboxylic acids is 1. The molecule has 1 aromatic heterocycles. The van der Waals surface area contributed by atoms with Crippen LogP contribution in [0.1, 0.15) is 26.5 Å². The molecule has 1 aromatic rings. The van der Waals surface area contributed by atoms with Crippen molar-refractivity contribution in [1.29, 1.82) is 0 Å². The maximum Gasteiger partial charge on any atom is 0.326 e. The number of ether oxygens (including phenoxy) is 1. The molecule has 2 aliphatic rings. The van der Waals surface area contributed by atoms with Crippen molar-refractivity contribution in [1.82, 2.24) is 4.90 Å². The van der Waals surface area contributed by atoms with Crippen LogP contribution in [-0.2, 0) is 21.7 Å². The van der Waals surface area contributed by atoms with Crippen LogP contribution in [0.2, 0.25) is 0 Å². The monoisotopic (exact) mass is 327 g/mol. The first-order valence-electron chi connectivity index (χ1n) is 6.86. The number of aliphatic carboxylic acids is 1. The van der Waals surface area contributed by atoms with Gasteiger partial charge in [-0.15, -0.1) is 11.3 Å². The fraction of sp³-hybridized carbons (Fsp3) is 0.571. The van der Waals surface area contributed by atoms with Gasteiger partial charge in [-0.3, -0.25) is 4.79 Å². The predicted octanol–water partition coefficient (Wildman–Crippen LogP) is 1.85. The molecule has 114 valence electrons. The summed E-state index contributed by atoms with van der Waals surface area (Å²) >= 11 is 3.39. The zero-order valence-electron chi connectivity index (χ0n) is 11.7. The van der Waals surface area contributed by atoms with Crippen LogP contribution in [0.3, 0.4) is 0 Å². The smallest absolute Gasteiger partial charge is 0.326 e. The average Bonchev–Trinajstić information content (AvgIpc) is 3.10. The van der Waals surface area contributed by atoms with Gasteiger partial charge < -0.3 is 14.7 Å². The molecule has 0 saturated carbocycles. The van der Waals surface area contributed by atoms with Gasteiger partial charge >= 0.3 is 5.97 Å². The lowest BCUT2D eigenvalue weighted by molar-refractivity contribution is -0.141. The number of methoxy groups -OCH3 is 1. The molecule has 7 heteroatoms. The quantitative estimate of drug-likeness (QED) is 0.918. The number of aryl methyl sites for hydroxylation is 1. The summed E-state index contributed by atoms with van der Waals surface area (Å²) in [5.74, 6) is 0.905. The van der Waals surface area contributed by atoms with Crippen LogP contribution in [-0.4, -0.2) is 53.4 Å². The highest BCUT2D eigenvalue weighted by molar-refractivity contribution is 7.98. The number of fused-ring (bicyclic) bond motifs is 1. The van der Waals surface area contributed by atoms with Gasteiger partial charge in [0.25, 0.3) is 5.91 Å². The Kier molecular flexibility index (Phi) is 4.24.